The van der Waals surface area contributed by atoms with Crippen LogP contribution >= 0.6 is 0 Å². The van der Waals surface area contributed by atoms with Crippen LogP contribution in [-0.2, 0) is 14.3 Å². The van der Waals surface area contributed by atoms with Crippen LogP contribution in [0.15, 0.2) is 12.5 Å². The minimum atomic E-state index is -0.472. The van der Waals surface area contributed by atoms with Crippen molar-refractivity contribution in [3.8, 4) is 0 Å². The molecule has 1 fully saturated rings. The molecule has 0 aromatic carbocycles. The molecule has 0 bridgehead atoms. The minimum absolute atomic E-state index is 0.00180. The van der Waals surface area contributed by atoms with Gasteiger partial charge in [-0.05, 0) is 54.5 Å². The molecule has 0 spiro atoms. The molecule has 9 heteroatoms. The summed E-state index contributed by atoms with van der Waals surface area (Å²) >= 11 is 0. The van der Waals surface area contributed by atoms with Gasteiger partial charge in [-0.15, -0.1) is 0 Å². The quantitative estimate of drug-likeness (QED) is 0.387. The number of hydrogen-bond donors (Lipinski definition) is 5. The van der Waals surface area contributed by atoms with Gasteiger partial charge in [0, 0.05) is 43.1 Å². The molecule has 0 aromatic heterocycles. The summed E-state index contributed by atoms with van der Waals surface area (Å²) in [7, 11) is 0. The van der Waals surface area contributed by atoms with Crippen LogP contribution in [0.5, 0.6) is 0 Å². The number of amides is 2. The van der Waals surface area contributed by atoms with Crippen molar-refractivity contribution in [2.24, 2.45) is 17.4 Å². The molecule has 30 heavy (non-hydrogen) atoms. The molecule has 1 aliphatic carbocycles. The molecule has 0 radical (unpaired) electrons. The predicted octanol–water partition coefficient (Wildman–Crippen LogP) is 1.57. The largest absolute Gasteiger partial charge is 0.474 e. The molecule has 0 saturated heterocycles. The number of nitrogens with two attached hydrogens (primary N) is 2. The summed E-state index contributed by atoms with van der Waals surface area (Å²) in [6.07, 6.45) is -0.722. The van der Waals surface area contributed by atoms with Crippen LogP contribution < -0.4 is 27.4 Å². The first-order chi connectivity index (χ1) is 13.7. The number of ether oxygens (including phenoxy) is 2. The monoisotopic (exact) mass is 429 g/mol. The first-order valence-electron chi connectivity index (χ1n) is 10.6. The van der Waals surface area contributed by atoms with Crippen LogP contribution in [0, 0.1) is 5.92 Å². The van der Waals surface area contributed by atoms with Crippen LogP contribution in [0.4, 0.5) is 4.79 Å². The van der Waals surface area contributed by atoms with Gasteiger partial charge in [0.05, 0.1) is 0 Å². The lowest BCUT2D eigenvalue weighted by Gasteiger charge is -2.42. The molecule has 9 nitrogen and oxygen atoms in total. The third kappa shape index (κ3) is 11.3. The summed E-state index contributed by atoms with van der Waals surface area (Å²) in [5.41, 5.74) is 12.3. The maximum Gasteiger partial charge on any atom is 0.407 e. The van der Waals surface area contributed by atoms with Crippen LogP contribution in [0.25, 0.3) is 0 Å². The fourth-order valence-corrected chi connectivity index (χ4v) is 3.26. The molecule has 1 rings (SSSR count). The summed E-state index contributed by atoms with van der Waals surface area (Å²) in [6.45, 7) is 18.9. The summed E-state index contributed by atoms with van der Waals surface area (Å²) in [6, 6.07) is -0.0639. The summed E-state index contributed by atoms with van der Waals surface area (Å²) in [5.74, 6) is 0.362. The second kappa shape index (κ2) is 13.3. The Kier molecular flexibility index (Phi) is 12.4. The molecule has 0 heterocycles. The van der Waals surface area contributed by atoms with E-state index in [4.69, 9.17) is 20.9 Å². The zero-order valence-electron chi connectivity index (χ0n) is 19.8. The van der Waals surface area contributed by atoms with Gasteiger partial charge < -0.3 is 36.9 Å². The third-order valence-electron chi connectivity index (χ3n) is 4.29. The van der Waals surface area contributed by atoms with Crippen molar-refractivity contribution in [2.75, 3.05) is 0 Å². The molecule has 5 unspecified atom stereocenters. The van der Waals surface area contributed by atoms with Gasteiger partial charge in [-0.1, -0.05) is 6.92 Å². The number of alkyl carbamates (subject to hydrolysis) is 1. The minimum Gasteiger partial charge on any atom is -0.474 e. The van der Waals surface area contributed by atoms with Crippen LogP contribution in [0.2, 0.25) is 0 Å². The van der Waals surface area contributed by atoms with E-state index < -0.39 is 12.2 Å². The normalized spacial score (nSPS) is 25.8. The van der Waals surface area contributed by atoms with E-state index in [1.807, 2.05) is 48.5 Å². The Labute approximate surface area is 181 Å². The van der Waals surface area contributed by atoms with Gasteiger partial charge in [0.2, 0.25) is 5.91 Å². The average molecular weight is 430 g/mol. The van der Waals surface area contributed by atoms with Gasteiger partial charge in [0.15, 0.2) is 5.88 Å². The highest BCUT2D eigenvalue weighted by atomic mass is 16.6. The van der Waals surface area contributed by atoms with Crippen LogP contribution in [0.1, 0.15) is 61.8 Å². The average Bonchev–Trinajstić information content (AvgIpc) is 2.53. The van der Waals surface area contributed by atoms with Gasteiger partial charge in [-0.2, -0.15) is 0 Å². The lowest BCUT2D eigenvalue weighted by molar-refractivity contribution is -0.119. The molecular formula is C21H43N5O4. The second-order valence-corrected chi connectivity index (χ2v) is 8.75. The van der Waals surface area contributed by atoms with E-state index in [-0.39, 0.29) is 48.1 Å². The highest BCUT2D eigenvalue weighted by molar-refractivity contribution is 5.73. The molecular weight excluding hydrogens is 386 g/mol. The highest BCUT2D eigenvalue weighted by Gasteiger charge is 2.43. The molecule has 1 aliphatic rings. The van der Waals surface area contributed by atoms with Gasteiger partial charge in [0.25, 0.3) is 0 Å². The first-order valence-corrected chi connectivity index (χ1v) is 10.6. The second-order valence-electron chi connectivity index (χ2n) is 8.75. The molecule has 7 N–H and O–H groups in total. The Morgan fingerprint density at radius 3 is 1.67 bits per heavy atom. The van der Waals surface area contributed by atoms with Gasteiger partial charge in [0.1, 0.15) is 12.2 Å². The van der Waals surface area contributed by atoms with Crippen molar-refractivity contribution < 1.29 is 19.1 Å². The Morgan fingerprint density at radius 2 is 1.30 bits per heavy atom. The molecule has 5 atom stereocenters. The van der Waals surface area contributed by atoms with E-state index in [2.05, 4.69) is 22.5 Å². The van der Waals surface area contributed by atoms with E-state index in [0.717, 1.165) is 0 Å². The Morgan fingerprint density at radius 1 is 0.867 bits per heavy atom. The fraction of sp³-hybridized carbons (Fsp3) is 0.810. The lowest BCUT2D eigenvalue weighted by atomic mass is 9.79. The van der Waals surface area contributed by atoms with Crippen molar-refractivity contribution in [3.63, 3.8) is 0 Å². The summed E-state index contributed by atoms with van der Waals surface area (Å²) in [4.78, 5) is 22.0. The SMILES string of the molecule is C=C(NC(C)C)OC1C(N)CC(N)C(OC(=O)NC(C)C)C1C.CC(=O)NC(C)C. The molecule has 0 aliphatic heterocycles. The number of rotatable bonds is 7. The summed E-state index contributed by atoms with van der Waals surface area (Å²) in [5, 5.41) is 8.47. The zero-order valence-corrected chi connectivity index (χ0v) is 19.8. The zero-order chi connectivity index (χ0) is 23.6. The molecule has 1 saturated carbocycles. The first kappa shape index (κ1) is 28.0. The van der Waals surface area contributed by atoms with Gasteiger partial charge in [-0.25, -0.2) is 4.79 Å². The number of hydrogen-bond acceptors (Lipinski definition) is 7. The predicted molar refractivity (Wildman–Crippen MR) is 120 cm³/mol. The Hall–Kier alpha value is -2.00. The molecule has 2 amide bonds. The number of carbonyl (C=O) groups excluding carboxylic acids is 2. The third-order valence-corrected chi connectivity index (χ3v) is 4.29. The maximum absolute atomic E-state index is 11.9. The van der Waals surface area contributed by atoms with Crippen molar-refractivity contribution in [2.45, 2.75) is 104 Å². The van der Waals surface area contributed by atoms with E-state index in [0.29, 0.717) is 12.3 Å². The maximum atomic E-state index is 11.9. The molecule has 0 aromatic rings. The standard InChI is InChI=1S/C16H32N4O3.C5H11NO/c1-8(2)19-11(6)22-14-10(5)15(13(18)7-12(14)17)23-16(21)20-9(3)4;1-4(2)6-5(3)7/h8-10,12-15,19H,6-7,17-18H2,1-5H3,(H,20,21);4H,1-3H3,(H,6,7). The van der Waals surface area contributed by atoms with Crippen molar-refractivity contribution in [1.82, 2.24) is 16.0 Å². The van der Waals surface area contributed by atoms with Crippen LogP contribution in [0.3, 0.4) is 0 Å². The van der Waals surface area contributed by atoms with Crippen molar-refractivity contribution >= 4 is 12.0 Å². The van der Waals surface area contributed by atoms with E-state index >= 15 is 0 Å². The Balaban J connectivity index is 0.00000103. The molecule has 176 valence electrons. The number of carbonyl (C=O) groups is 2. The van der Waals surface area contributed by atoms with E-state index in [1.165, 1.54) is 6.92 Å². The van der Waals surface area contributed by atoms with Gasteiger partial charge >= 0.3 is 6.09 Å². The van der Waals surface area contributed by atoms with E-state index in [9.17, 15) is 9.59 Å². The highest BCUT2D eigenvalue weighted by Crippen LogP contribution is 2.29. The van der Waals surface area contributed by atoms with Crippen molar-refractivity contribution in [1.29, 1.82) is 0 Å². The lowest BCUT2D eigenvalue weighted by Crippen LogP contribution is -2.60. The topological polar surface area (TPSA) is 141 Å². The fourth-order valence-electron chi connectivity index (χ4n) is 3.26. The smallest absolute Gasteiger partial charge is 0.407 e. The van der Waals surface area contributed by atoms with Crippen LogP contribution in [-0.4, -0.2) is 54.4 Å². The summed E-state index contributed by atoms with van der Waals surface area (Å²) < 4.78 is 11.4. The van der Waals surface area contributed by atoms with Crippen molar-refractivity contribution in [3.05, 3.63) is 12.5 Å². The Bertz CT molecular complexity index is 518. The number of nitrogens with one attached hydrogen (secondary N) is 3. The van der Waals surface area contributed by atoms with E-state index in [1.54, 1.807) is 0 Å². The van der Waals surface area contributed by atoms with Gasteiger partial charge in [-0.3, -0.25) is 4.79 Å².